The normalized spacial score (nSPS) is 27.0. The van der Waals surface area contributed by atoms with E-state index in [9.17, 15) is 0 Å². The van der Waals surface area contributed by atoms with Crippen LogP contribution in [0.1, 0.15) is 45.7 Å². The molecule has 1 heterocycles. The lowest BCUT2D eigenvalue weighted by Crippen LogP contribution is -2.36. The molecule has 1 aliphatic carbocycles. The Kier molecular flexibility index (Phi) is 4.36. The maximum absolute atomic E-state index is 9.04. The largest absolute Gasteiger partial charge is 0.472 e. The van der Waals surface area contributed by atoms with E-state index >= 15 is 0 Å². The zero-order valence-electron chi connectivity index (χ0n) is 11.8. The average Bonchev–Trinajstić information content (AvgIpc) is 2.39. The smallest absolute Gasteiger partial charge is 0.251 e. The first-order valence-corrected chi connectivity index (χ1v) is 6.99. The molecule has 3 unspecified atom stereocenters. The average molecular weight is 259 g/mol. The van der Waals surface area contributed by atoms with Crippen LogP contribution in [0.5, 0.6) is 5.88 Å². The van der Waals surface area contributed by atoms with Crippen molar-refractivity contribution in [2.45, 2.75) is 46.1 Å². The highest BCUT2D eigenvalue weighted by atomic mass is 16.5. The summed E-state index contributed by atoms with van der Waals surface area (Å²) in [7, 11) is 0. The molecule has 0 spiro atoms. The summed E-state index contributed by atoms with van der Waals surface area (Å²) in [4.78, 5) is 8.16. The van der Waals surface area contributed by atoms with Gasteiger partial charge in [-0.1, -0.05) is 27.2 Å². The van der Waals surface area contributed by atoms with Crippen molar-refractivity contribution in [1.82, 2.24) is 9.97 Å². The van der Waals surface area contributed by atoms with E-state index < -0.39 is 0 Å². The van der Waals surface area contributed by atoms with Crippen molar-refractivity contribution in [3.8, 4) is 11.9 Å². The number of aromatic nitrogens is 2. The molecule has 1 aliphatic rings. The molecule has 0 amide bonds. The molecular weight excluding hydrogens is 238 g/mol. The topological polar surface area (TPSA) is 58.8 Å². The van der Waals surface area contributed by atoms with Crippen molar-refractivity contribution in [2.75, 3.05) is 0 Å². The molecular formula is C15H21N3O. The van der Waals surface area contributed by atoms with Gasteiger partial charge < -0.3 is 4.74 Å². The molecule has 19 heavy (non-hydrogen) atoms. The minimum atomic E-state index is 0.146. The van der Waals surface area contributed by atoms with Gasteiger partial charge in [0.1, 0.15) is 12.2 Å². The summed E-state index contributed by atoms with van der Waals surface area (Å²) in [5.41, 5.74) is 0.281. The Morgan fingerprint density at radius 3 is 2.74 bits per heavy atom. The van der Waals surface area contributed by atoms with Gasteiger partial charge in [0.25, 0.3) is 5.88 Å². The summed E-state index contributed by atoms with van der Waals surface area (Å²) >= 11 is 0. The Morgan fingerprint density at radius 2 is 2.05 bits per heavy atom. The third-order valence-corrected chi connectivity index (χ3v) is 3.99. The van der Waals surface area contributed by atoms with Crippen LogP contribution in [0.3, 0.4) is 0 Å². The summed E-state index contributed by atoms with van der Waals surface area (Å²) in [5.74, 6) is 2.17. The SMILES string of the molecule is CC1CCC(C(C)C)C(Oc2nccnc2C#N)C1. The Hall–Kier alpha value is -1.63. The molecule has 1 saturated carbocycles. The lowest BCUT2D eigenvalue weighted by Gasteiger charge is -2.36. The maximum Gasteiger partial charge on any atom is 0.251 e. The van der Waals surface area contributed by atoms with E-state index in [1.165, 1.54) is 19.0 Å². The van der Waals surface area contributed by atoms with Crippen LogP contribution in [0.15, 0.2) is 12.4 Å². The van der Waals surface area contributed by atoms with E-state index in [4.69, 9.17) is 10.00 Å². The van der Waals surface area contributed by atoms with Gasteiger partial charge in [-0.3, -0.25) is 0 Å². The van der Waals surface area contributed by atoms with Crippen LogP contribution in [0, 0.1) is 29.1 Å². The summed E-state index contributed by atoms with van der Waals surface area (Å²) in [6, 6.07) is 2.04. The molecule has 4 nitrogen and oxygen atoms in total. The Bertz CT molecular complexity index is 467. The lowest BCUT2D eigenvalue weighted by molar-refractivity contribution is 0.0421. The molecule has 0 N–H and O–H groups in total. The number of nitriles is 1. The fourth-order valence-electron chi connectivity index (χ4n) is 2.88. The second kappa shape index (κ2) is 6.01. The van der Waals surface area contributed by atoms with Crippen LogP contribution in [-0.2, 0) is 0 Å². The van der Waals surface area contributed by atoms with Crippen LogP contribution in [-0.4, -0.2) is 16.1 Å². The van der Waals surface area contributed by atoms with E-state index in [0.717, 1.165) is 6.42 Å². The monoisotopic (exact) mass is 259 g/mol. The summed E-state index contributed by atoms with van der Waals surface area (Å²) < 4.78 is 6.03. The van der Waals surface area contributed by atoms with Gasteiger partial charge in [0.05, 0.1) is 0 Å². The molecule has 3 atom stereocenters. The zero-order chi connectivity index (χ0) is 13.8. The highest BCUT2D eigenvalue weighted by molar-refractivity contribution is 5.30. The van der Waals surface area contributed by atoms with Crippen LogP contribution in [0.25, 0.3) is 0 Å². The molecule has 4 heteroatoms. The minimum Gasteiger partial charge on any atom is -0.472 e. The predicted octanol–water partition coefficient (Wildman–Crippen LogP) is 3.19. The van der Waals surface area contributed by atoms with E-state index in [0.29, 0.717) is 23.6 Å². The first-order chi connectivity index (χ1) is 9.11. The second-order valence-electron chi connectivity index (χ2n) is 5.80. The lowest BCUT2D eigenvalue weighted by atomic mass is 9.75. The van der Waals surface area contributed by atoms with Gasteiger partial charge in [0.15, 0.2) is 0 Å². The van der Waals surface area contributed by atoms with Crippen molar-refractivity contribution < 1.29 is 4.74 Å². The highest BCUT2D eigenvalue weighted by Crippen LogP contribution is 2.35. The molecule has 0 saturated heterocycles. The first kappa shape index (κ1) is 13.8. The van der Waals surface area contributed by atoms with Gasteiger partial charge >= 0.3 is 0 Å². The third-order valence-electron chi connectivity index (χ3n) is 3.99. The molecule has 102 valence electrons. The maximum atomic E-state index is 9.04. The highest BCUT2D eigenvalue weighted by Gasteiger charge is 2.33. The quantitative estimate of drug-likeness (QED) is 0.836. The Labute approximate surface area is 114 Å². The van der Waals surface area contributed by atoms with Gasteiger partial charge in [-0.05, 0) is 30.6 Å². The number of hydrogen-bond acceptors (Lipinski definition) is 4. The zero-order valence-corrected chi connectivity index (χ0v) is 11.8. The molecule has 0 radical (unpaired) electrons. The van der Waals surface area contributed by atoms with Gasteiger partial charge in [-0.15, -0.1) is 0 Å². The molecule has 0 bridgehead atoms. The van der Waals surface area contributed by atoms with E-state index in [-0.39, 0.29) is 11.8 Å². The second-order valence-corrected chi connectivity index (χ2v) is 5.80. The summed E-state index contributed by atoms with van der Waals surface area (Å²) in [6.45, 7) is 6.73. The molecule has 0 aliphatic heterocycles. The number of ether oxygens (including phenoxy) is 1. The molecule has 1 fully saturated rings. The van der Waals surface area contributed by atoms with E-state index in [1.807, 2.05) is 6.07 Å². The summed E-state index contributed by atoms with van der Waals surface area (Å²) in [5, 5.41) is 9.04. The van der Waals surface area contributed by atoms with Crippen LogP contribution < -0.4 is 4.74 Å². The van der Waals surface area contributed by atoms with Crippen LogP contribution in [0.2, 0.25) is 0 Å². The fourth-order valence-corrected chi connectivity index (χ4v) is 2.88. The molecule has 1 aromatic rings. The molecule has 2 rings (SSSR count). The number of rotatable bonds is 3. The van der Waals surface area contributed by atoms with Gasteiger partial charge in [-0.2, -0.15) is 5.26 Å². The van der Waals surface area contributed by atoms with Gasteiger partial charge in [-0.25, -0.2) is 9.97 Å². The van der Waals surface area contributed by atoms with Crippen molar-refractivity contribution in [3.05, 3.63) is 18.1 Å². The molecule has 0 aromatic carbocycles. The Balaban J connectivity index is 2.17. The van der Waals surface area contributed by atoms with Crippen LogP contribution in [0.4, 0.5) is 0 Å². The van der Waals surface area contributed by atoms with Crippen molar-refractivity contribution in [2.24, 2.45) is 17.8 Å². The Morgan fingerprint density at radius 1 is 1.32 bits per heavy atom. The summed E-state index contributed by atoms with van der Waals surface area (Å²) in [6.07, 6.45) is 6.72. The van der Waals surface area contributed by atoms with Gasteiger partial charge in [0.2, 0.25) is 5.69 Å². The number of nitrogens with zero attached hydrogens (tertiary/aromatic N) is 3. The number of hydrogen-bond donors (Lipinski definition) is 0. The van der Waals surface area contributed by atoms with E-state index in [2.05, 4.69) is 30.7 Å². The van der Waals surface area contributed by atoms with Crippen molar-refractivity contribution in [3.63, 3.8) is 0 Å². The fraction of sp³-hybridized carbons (Fsp3) is 0.667. The predicted molar refractivity (Wildman–Crippen MR) is 72.5 cm³/mol. The van der Waals surface area contributed by atoms with Crippen LogP contribution >= 0.6 is 0 Å². The molecule has 1 aromatic heterocycles. The third kappa shape index (κ3) is 3.23. The van der Waals surface area contributed by atoms with Gasteiger partial charge in [0, 0.05) is 12.4 Å². The van der Waals surface area contributed by atoms with E-state index in [1.54, 1.807) is 6.20 Å². The standard InChI is InChI=1S/C15H21N3O/c1-10(2)12-5-4-11(3)8-14(12)19-15-13(9-16)17-6-7-18-15/h6-7,10-12,14H,4-5,8H2,1-3H3. The first-order valence-electron chi connectivity index (χ1n) is 6.99. The van der Waals surface area contributed by atoms with Crippen molar-refractivity contribution >= 4 is 0 Å². The van der Waals surface area contributed by atoms with Crippen molar-refractivity contribution in [1.29, 1.82) is 5.26 Å². The minimum absolute atomic E-state index is 0.146.